The lowest BCUT2D eigenvalue weighted by Gasteiger charge is -2.07. The molecule has 6 heteroatoms. The Hall–Kier alpha value is -2.79. The number of hydrogen-bond acceptors (Lipinski definition) is 3. The first-order valence-corrected chi connectivity index (χ1v) is 8.18. The van der Waals surface area contributed by atoms with Gasteiger partial charge >= 0.3 is 0 Å². The molecule has 0 aliphatic carbocycles. The third-order valence-electron chi connectivity index (χ3n) is 3.69. The van der Waals surface area contributed by atoms with E-state index in [4.69, 9.17) is 16.3 Å². The molecule has 5 nitrogen and oxygen atoms in total. The summed E-state index contributed by atoms with van der Waals surface area (Å²) in [5, 5.41) is 7.65. The molecule has 3 aromatic rings. The minimum atomic E-state index is -0.156. The van der Waals surface area contributed by atoms with Crippen LogP contribution in [-0.4, -0.2) is 15.7 Å². The zero-order valence-electron chi connectivity index (χ0n) is 14.0. The minimum Gasteiger partial charge on any atom is -0.471 e. The van der Waals surface area contributed by atoms with Gasteiger partial charge in [0, 0.05) is 10.6 Å². The summed E-state index contributed by atoms with van der Waals surface area (Å²) in [4.78, 5) is 12.4. The summed E-state index contributed by atoms with van der Waals surface area (Å²) in [6.07, 6.45) is 3.30. The number of aryl methyl sites for hydroxylation is 2. The van der Waals surface area contributed by atoms with Crippen LogP contribution in [0.5, 0.6) is 5.75 Å². The van der Waals surface area contributed by atoms with Crippen LogP contribution in [0.15, 0.2) is 54.9 Å². The van der Waals surface area contributed by atoms with Crippen LogP contribution in [0.4, 0.5) is 5.69 Å². The highest BCUT2D eigenvalue weighted by Gasteiger charge is 2.10. The topological polar surface area (TPSA) is 56.2 Å². The van der Waals surface area contributed by atoms with Gasteiger partial charge in [0.05, 0.1) is 18.1 Å². The highest BCUT2D eigenvalue weighted by molar-refractivity contribution is 6.30. The van der Waals surface area contributed by atoms with Crippen LogP contribution >= 0.6 is 11.6 Å². The standard InChI is InChI=1S/C19H18ClN3O2/c1-13-6-7-14(2)18(8-13)19(24)22-16-10-21-23(11-16)12-25-17-5-3-4-15(20)9-17/h3-11H,12H2,1-2H3,(H,22,24). The number of nitrogens with zero attached hydrogens (tertiary/aromatic N) is 2. The van der Waals surface area contributed by atoms with E-state index in [0.29, 0.717) is 22.0 Å². The Labute approximate surface area is 151 Å². The summed E-state index contributed by atoms with van der Waals surface area (Å²) in [6, 6.07) is 12.9. The molecule has 0 aliphatic heterocycles. The molecule has 0 radical (unpaired) electrons. The van der Waals surface area contributed by atoms with E-state index in [1.54, 1.807) is 29.2 Å². The number of ether oxygens (including phenoxy) is 1. The predicted octanol–water partition coefficient (Wildman–Crippen LogP) is 4.44. The zero-order valence-corrected chi connectivity index (χ0v) is 14.7. The van der Waals surface area contributed by atoms with Crippen molar-refractivity contribution in [3.8, 4) is 5.75 Å². The normalized spacial score (nSPS) is 10.5. The molecule has 0 atom stereocenters. The van der Waals surface area contributed by atoms with E-state index >= 15 is 0 Å². The zero-order chi connectivity index (χ0) is 17.8. The molecule has 128 valence electrons. The number of hydrogen-bond donors (Lipinski definition) is 1. The van der Waals surface area contributed by atoms with Crippen LogP contribution in [0.2, 0.25) is 5.02 Å². The van der Waals surface area contributed by atoms with Crippen LogP contribution in [0, 0.1) is 13.8 Å². The van der Waals surface area contributed by atoms with Gasteiger partial charge in [0.15, 0.2) is 6.73 Å². The first-order valence-electron chi connectivity index (χ1n) is 7.81. The molecule has 1 heterocycles. The Kier molecular flexibility index (Phi) is 5.05. The molecule has 0 fully saturated rings. The van der Waals surface area contributed by atoms with Gasteiger partial charge in [0.25, 0.3) is 5.91 Å². The van der Waals surface area contributed by atoms with Crippen LogP contribution < -0.4 is 10.1 Å². The van der Waals surface area contributed by atoms with Gasteiger partial charge in [-0.05, 0) is 43.7 Å². The maximum Gasteiger partial charge on any atom is 0.256 e. The number of carbonyl (C=O) groups excluding carboxylic acids is 1. The predicted molar refractivity (Wildman–Crippen MR) is 98.2 cm³/mol. The van der Waals surface area contributed by atoms with Gasteiger partial charge in [-0.15, -0.1) is 0 Å². The third-order valence-corrected chi connectivity index (χ3v) is 3.92. The van der Waals surface area contributed by atoms with Crippen LogP contribution in [0.25, 0.3) is 0 Å². The number of halogens is 1. The largest absolute Gasteiger partial charge is 0.471 e. The first kappa shape index (κ1) is 17.0. The van der Waals surface area contributed by atoms with Crippen LogP contribution in [0.3, 0.4) is 0 Å². The molecule has 0 saturated carbocycles. The van der Waals surface area contributed by atoms with E-state index < -0.39 is 0 Å². The lowest BCUT2D eigenvalue weighted by molar-refractivity contribution is 0.102. The molecule has 0 spiro atoms. The summed E-state index contributed by atoms with van der Waals surface area (Å²) in [5.41, 5.74) is 3.24. The molecule has 1 amide bonds. The molecule has 0 aliphatic rings. The summed E-state index contributed by atoms with van der Waals surface area (Å²) in [7, 11) is 0. The van der Waals surface area contributed by atoms with Crippen molar-refractivity contribution in [2.75, 3.05) is 5.32 Å². The highest BCUT2D eigenvalue weighted by Crippen LogP contribution is 2.18. The van der Waals surface area contributed by atoms with E-state index in [9.17, 15) is 4.79 Å². The monoisotopic (exact) mass is 355 g/mol. The Morgan fingerprint density at radius 1 is 1.24 bits per heavy atom. The van der Waals surface area contributed by atoms with Crippen molar-refractivity contribution in [2.45, 2.75) is 20.6 Å². The van der Waals surface area contributed by atoms with E-state index in [1.807, 2.05) is 44.2 Å². The Bertz CT molecular complexity index is 905. The third kappa shape index (κ3) is 4.39. The molecule has 0 bridgehead atoms. The Morgan fingerprint density at radius 3 is 2.88 bits per heavy atom. The van der Waals surface area contributed by atoms with E-state index in [2.05, 4.69) is 10.4 Å². The number of anilines is 1. The number of benzene rings is 2. The van der Waals surface area contributed by atoms with E-state index in [0.717, 1.165) is 11.1 Å². The van der Waals surface area contributed by atoms with E-state index in [-0.39, 0.29) is 12.6 Å². The molecule has 0 saturated heterocycles. The maximum absolute atomic E-state index is 12.4. The second-order valence-electron chi connectivity index (χ2n) is 5.77. The molecule has 1 aromatic heterocycles. The van der Waals surface area contributed by atoms with Gasteiger partial charge in [-0.1, -0.05) is 35.4 Å². The maximum atomic E-state index is 12.4. The number of aromatic nitrogens is 2. The second kappa shape index (κ2) is 7.40. The number of amides is 1. The quantitative estimate of drug-likeness (QED) is 0.736. The van der Waals surface area contributed by atoms with Crippen molar-refractivity contribution in [2.24, 2.45) is 0 Å². The van der Waals surface area contributed by atoms with Crippen molar-refractivity contribution in [3.63, 3.8) is 0 Å². The fourth-order valence-corrected chi connectivity index (χ4v) is 2.56. The first-order chi connectivity index (χ1) is 12.0. The van der Waals surface area contributed by atoms with Crippen LogP contribution in [-0.2, 0) is 6.73 Å². The summed E-state index contributed by atoms with van der Waals surface area (Å²) in [5.74, 6) is 0.500. The van der Waals surface area contributed by atoms with Crippen molar-refractivity contribution in [1.82, 2.24) is 9.78 Å². The number of rotatable bonds is 5. The Morgan fingerprint density at radius 2 is 2.08 bits per heavy atom. The summed E-state index contributed by atoms with van der Waals surface area (Å²) < 4.78 is 7.21. The lowest BCUT2D eigenvalue weighted by Crippen LogP contribution is -2.13. The second-order valence-corrected chi connectivity index (χ2v) is 6.21. The molecule has 3 rings (SSSR count). The molecule has 1 N–H and O–H groups in total. The molecule has 25 heavy (non-hydrogen) atoms. The SMILES string of the molecule is Cc1ccc(C)c(C(=O)Nc2cnn(COc3cccc(Cl)c3)c2)c1. The minimum absolute atomic E-state index is 0.156. The van der Waals surface area contributed by atoms with Gasteiger partial charge in [-0.25, -0.2) is 4.68 Å². The van der Waals surface area contributed by atoms with Gasteiger partial charge < -0.3 is 10.1 Å². The summed E-state index contributed by atoms with van der Waals surface area (Å²) >= 11 is 5.92. The van der Waals surface area contributed by atoms with Crippen LogP contribution in [0.1, 0.15) is 21.5 Å². The van der Waals surface area contributed by atoms with Gasteiger partial charge in [0.1, 0.15) is 5.75 Å². The van der Waals surface area contributed by atoms with Crippen molar-refractivity contribution < 1.29 is 9.53 Å². The van der Waals surface area contributed by atoms with Gasteiger partial charge in [-0.2, -0.15) is 5.10 Å². The molecule has 0 unspecified atom stereocenters. The Balaban J connectivity index is 1.63. The van der Waals surface area contributed by atoms with Crippen molar-refractivity contribution in [1.29, 1.82) is 0 Å². The molecular weight excluding hydrogens is 338 g/mol. The molecule has 2 aromatic carbocycles. The van der Waals surface area contributed by atoms with Gasteiger partial charge in [0.2, 0.25) is 0 Å². The molecular formula is C19H18ClN3O2. The van der Waals surface area contributed by atoms with Crippen molar-refractivity contribution in [3.05, 3.63) is 76.6 Å². The lowest BCUT2D eigenvalue weighted by atomic mass is 10.1. The smallest absolute Gasteiger partial charge is 0.256 e. The highest BCUT2D eigenvalue weighted by atomic mass is 35.5. The average molecular weight is 356 g/mol. The fourth-order valence-electron chi connectivity index (χ4n) is 2.38. The summed E-state index contributed by atoms with van der Waals surface area (Å²) in [6.45, 7) is 4.09. The van der Waals surface area contributed by atoms with Gasteiger partial charge in [-0.3, -0.25) is 4.79 Å². The number of carbonyl (C=O) groups is 1. The number of nitrogens with one attached hydrogen (secondary N) is 1. The van der Waals surface area contributed by atoms with Crippen molar-refractivity contribution >= 4 is 23.2 Å². The average Bonchev–Trinajstić information content (AvgIpc) is 3.02. The van der Waals surface area contributed by atoms with E-state index in [1.165, 1.54) is 0 Å². The fraction of sp³-hybridized carbons (Fsp3) is 0.158.